The van der Waals surface area contributed by atoms with Crippen molar-refractivity contribution in [2.24, 2.45) is 4.99 Å². The van der Waals surface area contributed by atoms with Crippen LogP contribution in [0.25, 0.3) is 0 Å². The first kappa shape index (κ1) is 10.7. The minimum Gasteiger partial charge on any atom is -0.381 e. The number of nitrogens with zero attached hydrogens (tertiary/aromatic N) is 3. The predicted octanol–water partition coefficient (Wildman–Crippen LogP) is 0.787. The average Bonchev–Trinajstić information content (AvgIpc) is 2.14. The van der Waals surface area contributed by atoms with Crippen molar-refractivity contribution in [2.45, 2.75) is 31.4 Å². The van der Waals surface area contributed by atoms with Gasteiger partial charge in [0.15, 0.2) is 5.96 Å². The summed E-state index contributed by atoms with van der Waals surface area (Å²) in [6.07, 6.45) is 3.85. The van der Waals surface area contributed by atoms with E-state index in [1.54, 1.807) is 7.11 Å². The van der Waals surface area contributed by atoms with E-state index in [9.17, 15) is 0 Å². The first-order valence-electron chi connectivity index (χ1n) is 5.73. The van der Waals surface area contributed by atoms with Gasteiger partial charge < -0.3 is 14.5 Å². The van der Waals surface area contributed by atoms with Crippen LogP contribution in [0.1, 0.15) is 19.3 Å². The van der Waals surface area contributed by atoms with Gasteiger partial charge in [-0.05, 0) is 19.3 Å². The van der Waals surface area contributed by atoms with E-state index in [4.69, 9.17) is 9.73 Å². The molecule has 4 heteroatoms. The molecule has 4 nitrogen and oxygen atoms in total. The maximum atomic E-state index is 5.26. The van der Waals surface area contributed by atoms with Crippen molar-refractivity contribution in [3.8, 4) is 0 Å². The van der Waals surface area contributed by atoms with Crippen LogP contribution in [-0.2, 0) is 4.74 Å². The Bertz CT molecular complexity index is 236. The van der Waals surface area contributed by atoms with Crippen molar-refractivity contribution >= 4 is 5.96 Å². The molecule has 0 atom stereocenters. The normalized spacial score (nSPS) is 31.5. The van der Waals surface area contributed by atoms with Gasteiger partial charge in [0.05, 0.1) is 12.1 Å². The number of hydrogen-bond acceptors (Lipinski definition) is 2. The fourth-order valence-corrected chi connectivity index (χ4v) is 2.23. The fraction of sp³-hybridized carbons (Fsp3) is 0.909. The highest BCUT2D eigenvalue weighted by Crippen LogP contribution is 2.26. The Morgan fingerprint density at radius 1 is 1.20 bits per heavy atom. The van der Waals surface area contributed by atoms with Gasteiger partial charge in [-0.15, -0.1) is 0 Å². The van der Waals surface area contributed by atoms with Crippen LogP contribution in [0.3, 0.4) is 0 Å². The minimum atomic E-state index is 0.443. The number of ether oxygens (including phenoxy) is 1. The molecule has 2 rings (SSSR count). The van der Waals surface area contributed by atoms with Gasteiger partial charge in [-0.3, -0.25) is 0 Å². The third kappa shape index (κ3) is 2.25. The number of methoxy groups -OCH3 is 1. The molecular formula is C11H21N3O. The summed E-state index contributed by atoms with van der Waals surface area (Å²) in [6, 6.07) is 0.480. The number of guanidine groups is 1. The van der Waals surface area contributed by atoms with Gasteiger partial charge in [0, 0.05) is 34.3 Å². The smallest absolute Gasteiger partial charge is 0.196 e. The van der Waals surface area contributed by atoms with E-state index in [0.29, 0.717) is 12.1 Å². The van der Waals surface area contributed by atoms with Crippen molar-refractivity contribution in [3.05, 3.63) is 0 Å². The molecule has 0 unspecified atom stereocenters. The zero-order chi connectivity index (χ0) is 10.8. The van der Waals surface area contributed by atoms with Crippen LogP contribution in [0.2, 0.25) is 0 Å². The zero-order valence-electron chi connectivity index (χ0n) is 9.94. The molecular weight excluding hydrogens is 190 g/mol. The van der Waals surface area contributed by atoms with E-state index >= 15 is 0 Å². The molecule has 1 heterocycles. The Balaban J connectivity index is 1.93. The van der Waals surface area contributed by atoms with Crippen molar-refractivity contribution < 1.29 is 4.74 Å². The summed E-state index contributed by atoms with van der Waals surface area (Å²) in [7, 11) is 6.04. The van der Waals surface area contributed by atoms with Gasteiger partial charge in [-0.25, -0.2) is 4.99 Å². The lowest BCUT2D eigenvalue weighted by molar-refractivity contribution is 0.0277. The second kappa shape index (κ2) is 4.39. The highest BCUT2D eigenvalue weighted by molar-refractivity contribution is 5.80. The van der Waals surface area contributed by atoms with E-state index in [1.165, 1.54) is 6.42 Å². The summed E-state index contributed by atoms with van der Waals surface area (Å²) in [6.45, 7) is 2.26. The quantitative estimate of drug-likeness (QED) is 0.676. The fourth-order valence-electron chi connectivity index (χ4n) is 2.23. The van der Waals surface area contributed by atoms with Crippen molar-refractivity contribution in [1.82, 2.24) is 9.80 Å². The monoisotopic (exact) mass is 211 g/mol. The van der Waals surface area contributed by atoms with Gasteiger partial charge in [-0.1, -0.05) is 0 Å². The Morgan fingerprint density at radius 3 is 2.33 bits per heavy atom. The van der Waals surface area contributed by atoms with Gasteiger partial charge in [-0.2, -0.15) is 0 Å². The summed E-state index contributed by atoms with van der Waals surface area (Å²) in [4.78, 5) is 9.30. The van der Waals surface area contributed by atoms with E-state index < -0.39 is 0 Å². The van der Waals surface area contributed by atoms with Gasteiger partial charge in [0.1, 0.15) is 0 Å². The third-order valence-electron chi connectivity index (χ3n) is 3.37. The third-order valence-corrected chi connectivity index (χ3v) is 3.37. The van der Waals surface area contributed by atoms with Crippen LogP contribution in [-0.4, -0.2) is 62.2 Å². The molecule has 1 aliphatic carbocycles. The van der Waals surface area contributed by atoms with E-state index in [1.807, 2.05) is 0 Å². The second-order valence-corrected chi connectivity index (χ2v) is 4.61. The van der Waals surface area contributed by atoms with Crippen molar-refractivity contribution in [2.75, 3.05) is 34.3 Å². The molecule has 2 aliphatic rings. The predicted molar refractivity (Wildman–Crippen MR) is 61.1 cm³/mol. The van der Waals surface area contributed by atoms with Gasteiger partial charge in [0.25, 0.3) is 0 Å². The van der Waals surface area contributed by atoms with Crippen LogP contribution in [0.4, 0.5) is 0 Å². The lowest BCUT2D eigenvalue weighted by Gasteiger charge is -2.38. The highest BCUT2D eigenvalue weighted by Gasteiger charge is 2.30. The molecule has 0 bridgehead atoms. The van der Waals surface area contributed by atoms with Crippen LogP contribution in [0.15, 0.2) is 4.99 Å². The topological polar surface area (TPSA) is 28.1 Å². The summed E-state index contributed by atoms with van der Waals surface area (Å²) in [5, 5.41) is 0. The molecule has 0 radical (unpaired) electrons. The lowest BCUT2D eigenvalue weighted by Crippen LogP contribution is -2.48. The Labute approximate surface area is 91.9 Å². The largest absolute Gasteiger partial charge is 0.381 e. The molecule has 0 aromatic rings. The van der Waals surface area contributed by atoms with Gasteiger partial charge >= 0.3 is 0 Å². The van der Waals surface area contributed by atoms with Crippen LogP contribution in [0, 0.1) is 0 Å². The standard InChI is InChI=1S/C11H21N3O/c1-13-5-4-6-14(2)11(13)12-9-7-10(8-9)15-3/h9-10H,4-8H2,1-3H3. The molecule has 1 saturated carbocycles. The van der Waals surface area contributed by atoms with Gasteiger partial charge in [0.2, 0.25) is 0 Å². The highest BCUT2D eigenvalue weighted by atomic mass is 16.5. The molecule has 0 aromatic heterocycles. The first-order chi connectivity index (χ1) is 7.20. The lowest BCUT2D eigenvalue weighted by atomic mass is 9.90. The van der Waals surface area contributed by atoms with Crippen LogP contribution >= 0.6 is 0 Å². The molecule has 0 amide bonds. The molecule has 1 saturated heterocycles. The Hall–Kier alpha value is -0.770. The van der Waals surface area contributed by atoms with E-state index in [2.05, 4.69) is 23.9 Å². The van der Waals surface area contributed by atoms with Crippen molar-refractivity contribution in [1.29, 1.82) is 0 Å². The molecule has 1 aliphatic heterocycles. The molecule has 0 spiro atoms. The summed E-state index contributed by atoms with van der Waals surface area (Å²) >= 11 is 0. The first-order valence-corrected chi connectivity index (χ1v) is 5.73. The van der Waals surface area contributed by atoms with Crippen LogP contribution < -0.4 is 0 Å². The summed E-state index contributed by atoms with van der Waals surface area (Å²) in [5.74, 6) is 1.15. The average molecular weight is 211 g/mol. The maximum Gasteiger partial charge on any atom is 0.196 e. The second-order valence-electron chi connectivity index (χ2n) is 4.61. The number of rotatable bonds is 2. The zero-order valence-corrected chi connectivity index (χ0v) is 9.94. The van der Waals surface area contributed by atoms with E-state index in [-0.39, 0.29) is 0 Å². The summed E-state index contributed by atoms with van der Waals surface area (Å²) in [5.41, 5.74) is 0. The van der Waals surface area contributed by atoms with E-state index in [0.717, 1.165) is 31.9 Å². The molecule has 0 aromatic carbocycles. The van der Waals surface area contributed by atoms with Crippen LogP contribution in [0.5, 0.6) is 0 Å². The minimum absolute atomic E-state index is 0.443. The Morgan fingerprint density at radius 2 is 1.80 bits per heavy atom. The number of hydrogen-bond donors (Lipinski definition) is 0. The number of aliphatic imine (C=N–C) groups is 1. The molecule has 0 N–H and O–H groups in total. The molecule has 86 valence electrons. The molecule has 15 heavy (non-hydrogen) atoms. The molecule has 2 fully saturated rings. The Kier molecular flexibility index (Phi) is 3.14. The van der Waals surface area contributed by atoms with Crippen molar-refractivity contribution in [3.63, 3.8) is 0 Å². The summed E-state index contributed by atoms with van der Waals surface area (Å²) < 4.78 is 5.26. The SMILES string of the molecule is COC1CC(N=C2N(C)CCCN2C)C1. The maximum absolute atomic E-state index is 5.26.